The number of nitrogens with zero attached hydrogens (tertiary/aromatic N) is 2. The fourth-order valence-electron chi connectivity index (χ4n) is 1.09. The number of aliphatic hydroxyl groups excluding tert-OH is 2. The molecule has 0 saturated carbocycles. The fourth-order valence-corrected chi connectivity index (χ4v) is 1.09. The van der Waals surface area contributed by atoms with Gasteiger partial charge in [0.05, 0.1) is 0 Å². The fraction of sp³-hybridized carbons (Fsp3) is 1.00. The molecule has 0 rings (SSSR count). The van der Waals surface area contributed by atoms with Crippen molar-refractivity contribution in [3.05, 3.63) is 4.91 Å². The van der Waals surface area contributed by atoms with Crippen LogP contribution in [0.1, 0.15) is 0 Å². The molecule has 0 spiro atoms. The van der Waals surface area contributed by atoms with Crippen LogP contribution in [-0.4, -0.2) is 53.4 Å². The van der Waals surface area contributed by atoms with Crippen LogP contribution in [0.15, 0.2) is 5.34 Å². The average Bonchev–Trinajstić information content (AvgIpc) is 2.27. The number of aliphatic hydroxyl groups is 2. The van der Waals surface area contributed by atoms with E-state index in [1.165, 1.54) is 0 Å². The summed E-state index contributed by atoms with van der Waals surface area (Å²) in [5.41, 5.74) is 15.7. The van der Waals surface area contributed by atoms with Gasteiger partial charge in [0.15, 0.2) is 5.34 Å². The molecule has 0 aliphatic carbocycles. The van der Waals surface area contributed by atoms with Crippen molar-refractivity contribution in [1.82, 2.24) is 4.90 Å². The van der Waals surface area contributed by atoms with Crippen LogP contribution in [0.5, 0.6) is 0 Å². The third kappa shape index (κ3) is 4.03. The Labute approximate surface area is 86.7 Å². The van der Waals surface area contributed by atoms with Gasteiger partial charge >= 0.3 is 0 Å². The Hall–Kier alpha value is -0.840. The SMILES string of the molecule is NCC(O)N(C(O)CN)C(CN)ON=O. The van der Waals surface area contributed by atoms with E-state index in [-0.39, 0.29) is 19.6 Å². The van der Waals surface area contributed by atoms with Crippen molar-refractivity contribution in [2.75, 3.05) is 19.6 Å². The van der Waals surface area contributed by atoms with Gasteiger partial charge in [-0.2, -0.15) is 0 Å². The molecule has 0 heterocycles. The second kappa shape index (κ2) is 7.45. The molecule has 0 aliphatic rings. The first-order chi connectivity index (χ1) is 7.12. The molecule has 0 aromatic carbocycles. The maximum atomic E-state index is 9.92. The lowest BCUT2D eigenvalue weighted by atomic mass is 10.3. The summed E-state index contributed by atoms with van der Waals surface area (Å²) in [4.78, 5) is 15.2. The van der Waals surface area contributed by atoms with E-state index in [4.69, 9.17) is 17.2 Å². The Balaban J connectivity index is 4.63. The molecular formula is C6H17N5O4. The largest absolute Gasteiger partial charge is 0.377 e. The first kappa shape index (κ1) is 14.2. The van der Waals surface area contributed by atoms with Crippen LogP contribution in [0.3, 0.4) is 0 Å². The maximum Gasteiger partial charge on any atom is 0.201 e. The molecule has 15 heavy (non-hydrogen) atoms. The first-order valence-corrected chi connectivity index (χ1v) is 4.34. The molecular weight excluding hydrogens is 206 g/mol. The zero-order valence-corrected chi connectivity index (χ0v) is 8.19. The highest BCUT2D eigenvalue weighted by Gasteiger charge is 2.30. The van der Waals surface area contributed by atoms with Gasteiger partial charge in [-0.25, -0.2) is 4.90 Å². The van der Waals surface area contributed by atoms with Gasteiger partial charge in [0.1, 0.15) is 12.5 Å². The van der Waals surface area contributed by atoms with Gasteiger partial charge in [-0.05, 0) is 0 Å². The predicted octanol–water partition coefficient (Wildman–Crippen LogP) is -3.17. The van der Waals surface area contributed by atoms with Crippen molar-refractivity contribution in [3.63, 3.8) is 0 Å². The standard InChI is InChI=1S/C6H17N5O4/c7-1-4(12)11(5(13)2-8)6(3-9)15-10-14/h4-6,12-13H,1-3,7-9H2. The Bertz CT molecular complexity index is 173. The van der Waals surface area contributed by atoms with Crippen LogP contribution in [0, 0.1) is 4.91 Å². The van der Waals surface area contributed by atoms with E-state index in [1.54, 1.807) is 0 Å². The van der Waals surface area contributed by atoms with Gasteiger partial charge in [0.25, 0.3) is 0 Å². The van der Waals surface area contributed by atoms with Crippen LogP contribution in [0.25, 0.3) is 0 Å². The molecule has 0 aromatic heterocycles. The van der Waals surface area contributed by atoms with E-state index in [0.29, 0.717) is 0 Å². The summed E-state index contributed by atoms with van der Waals surface area (Å²) in [5.74, 6) is 0. The topological polar surface area (TPSA) is 160 Å². The molecule has 3 atom stereocenters. The van der Waals surface area contributed by atoms with Gasteiger partial charge in [-0.1, -0.05) is 0 Å². The quantitative estimate of drug-likeness (QED) is 0.163. The lowest BCUT2D eigenvalue weighted by Crippen LogP contribution is -2.57. The zero-order valence-electron chi connectivity index (χ0n) is 8.19. The van der Waals surface area contributed by atoms with Crippen molar-refractivity contribution in [2.24, 2.45) is 22.5 Å². The normalized spacial score (nSPS) is 17.2. The van der Waals surface area contributed by atoms with E-state index < -0.39 is 18.7 Å². The number of hydrogen-bond donors (Lipinski definition) is 5. The van der Waals surface area contributed by atoms with Crippen molar-refractivity contribution in [1.29, 1.82) is 0 Å². The third-order valence-corrected chi connectivity index (χ3v) is 1.81. The van der Waals surface area contributed by atoms with E-state index in [2.05, 4.69) is 10.2 Å². The van der Waals surface area contributed by atoms with E-state index in [0.717, 1.165) is 4.90 Å². The number of hydrogen-bond acceptors (Lipinski definition) is 9. The first-order valence-electron chi connectivity index (χ1n) is 4.34. The molecule has 0 saturated heterocycles. The van der Waals surface area contributed by atoms with Crippen LogP contribution < -0.4 is 17.2 Å². The smallest absolute Gasteiger partial charge is 0.201 e. The summed E-state index contributed by atoms with van der Waals surface area (Å²) in [7, 11) is 0. The Morgan fingerprint density at radius 1 is 1.13 bits per heavy atom. The molecule has 0 bridgehead atoms. The van der Waals surface area contributed by atoms with E-state index >= 15 is 0 Å². The molecule has 9 heteroatoms. The molecule has 0 amide bonds. The van der Waals surface area contributed by atoms with Crippen molar-refractivity contribution < 1.29 is 15.1 Å². The predicted molar refractivity (Wildman–Crippen MR) is 51.7 cm³/mol. The second-order valence-corrected chi connectivity index (χ2v) is 2.75. The third-order valence-electron chi connectivity index (χ3n) is 1.81. The average molecular weight is 223 g/mol. The summed E-state index contributed by atoms with van der Waals surface area (Å²) in [6.45, 7) is -0.495. The monoisotopic (exact) mass is 223 g/mol. The Morgan fingerprint density at radius 2 is 1.60 bits per heavy atom. The van der Waals surface area contributed by atoms with Gasteiger partial charge in [0.2, 0.25) is 6.23 Å². The van der Waals surface area contributed by atoms with Crippen LogP contribution in [0.4, 0.5) is 0 Å². The lowest BCUT2D eigenvalue weighted by Gasteiger charge is -2.34. The van der Waals surface area contributed by atoms with Crippen molar-refractivity contribution in [3.8, 4) is 0 Å². The molecule has 0 aromatic rings. The van der Waals surface area contributed by atoms with E-state index in [9.17, 15) is 15.1 Å². The van der Waals surface area contributed by atoms with Gasteiger partial charge < -0.3 is 32.3 Å². The molecule has 9 nitrogen and oxygen atoms in total. The van der Waals surface area contributed by atoms with E-state index in [1.807, 2.05) is 0 Å². The molecule has 90 valence electrons. The number of nitrogens with two attached hydrogens (primary N) is 3. The highest BCUT2D eigenvalue weighted by molar-refractivity contribution is 4.71. The van der Waals surface area contributed by atoms with Crippen molar-refractivity contribution >= 4 is 0 Å². The maximum absolute atomic E-state index is 9.92. The minimum absolute atomic E-state index is 0.153. The Kier molecular flexibility index (Phi) is 7.03. The molecule has 3 unspecified atom stereocenters. The molecule has 0 radical (unpaired) electrons. The Morgan fingerprint density at radius 3 is 1.87 bits per heavy atom. The van der Waals surface area contributed by atoms with Crippen LogP contribution >= 0.6 is 0 Å². The molecule has 0 fully saturated rings. The minimum atomic E-state index is -1.22. The zero-order chi connectivity index (χ0) is 11.8. The molecule has 0 aliphatic heterocycles. The summed E-state index contributed by atoms with van der Waals surface area (Å²) >= 11 is 0. The molecule has 8 N–H and O–H groups in total. The summed E-state index contributed by atoms with van der Waals surface area (Å²) in [6, 6.07) is 0. The summed E-state index contributed by atoms with van der Waals surface area (Å²) < 4.78 is 0. The van der Waals surface area contributed by atoms with Crippen LogP contribution in [0.2, 0.25) is 0 Å². The van der Waals surface area contributed by atoms with Gasteiger partial charge in [-0.3, -0.25) is 0 Å². The highest BCUT2D eigenvalue weighted by Crippen LogP contribution is 2.08. The highest BCUT2D eigenvalue weighted by atomic mass is 16.7. The number of rotatable bonds is 8. The second-order valence-electron chi connectivity index (χ2n) is 2.75. The summed E-state index contributed by atoms with van der Waals surface area (Å²) in [6.07, 6.45) is -3.52. The van der Waals surface area contributed by atoms with Crippen molar-refractivity contribution in [2.45, 2.75) is 18.7 Å². The lowest BCUT2D eigenvalue weighted by molar-refractivity contribution is -0.187. The minimum Gasteiger partial charge on any atom is -0.377 e. The summed E-state index contributed by atoms with van der Waals surface area (Å²) in [5, 5.41) is 21.1. The van der Waals surface area contributed by atoms with Crippen LogP contribution in [-0.2, 0) is 4.84 Å². The van der Waals surface area contributed by atoms with Gasteiger partial charge in [-0.15, -0.1) is 4.91 Å². The van der Waals surface area contributed by atoms with Gasteiger partial charge in [0, 0.05) is 19.6 Å².